The molecule has 3 rings (SSSR count). The van der Waals surface area contributed by atoms with Crippen molar-refractivity contribution in [1.82, 2.24) is 9.80 Å². The lowest BCUT2D eigenvalue weighted by Gasteiger charge is -2.37. The Morgan fingerprint density at radius 2 is 1.63 bits per heavy atom. The smallest absolute Gasteiger partial charge is 0.241 e. The second kappa shape index (κ2) is 9.97. The van der Waals surface area contributed by atoms with E-state index in [-0.39, 0.29) is 12.5 Å². The number of carbonyl (C=O) groups excluding carboxylic acids is 2. The van der Waals surface area contributed by atoms with Crippen molar-refractivity contribution >= 4 is 34.8 Å². The zero-order valence-electron chi connectivity index (χ0n) is 16.5. The van der Waals surface area contributed by atoms with Crippen molar-refractivity contribution in [1.29, 1.82) is 0 Å². The summed E-state index contributed by atoms with van der Waals surface area (Å²) in [6.45, 7) is 4.17. The highest BCUT2D eigenvalue weighted by Crippen LogP contribution is 2.21. The van der Waals surface area contributed by atoms with Crippen LogP contribution in [0.4, 0.5) is 20.2 Å². The Morgan fingerprint density at radius 1 is 1.00 bits per heavy atom. The Hall–Kier alpha value is -2.55. The van der Waals surface area contributed by atoms with Crippen molar-refractivity contribution in [3.05, 3.63) is 59.1 Å². The number of piperazine rings is 1. The molecular weight excluding hydrogens is 414 g/mol. The minimum absolute atomic E-state index is 0.169. The minimum Gasteiger partial charge on any atom is -0.324 e. The number of amides is 2. The van der Waals surface area contributed by atoms with Gasteiger partial charge < -0.3 is 10.6 Å². The van der Waals surface area contributed by atoms with Gasteiger partial charge in [-0.2, -0.15) is 0 Å². The van der Waals surface area contributed by atoms with Gasteiger partial charge in [-0.15, -0.1) is 0 Å². The average molecular weight is 437 g/mol. The monoisotopic (exact) mass is 436 g/mol. The summed E-state index contributed by atoms with van der Waals surface area (Å²) in [6, 6.07) is 9.88. The molecule has 0 radical (unpaired) electrons. The van der Waals surface area contributed by atoms with Crippen LogP contribution in [0.15, 0.2) is 42.5 Å². The highest BCUT2D eigenvalue weighted by Gasteiger charge is 2.27. The lowest BCUT2D eigenvalue weighted by Crippen LogP contribution is -2.53. The molecule has 9 heteroatoms. The molecule has 1 aliphatic heterocycles. The number of rotatable bonds is 6. The van der Waals surface area contributed by atoms with Gasteiger partial charge in [0.15, 0.2) is 0 Å². The van der Waals surface area contributed by atoms with Crippen molar-refractivity contribution in [2.24, 2.45) is 0 Å². The molecule has 0 aromatic heterocycles. The highest BCUT2D eigenvalue weighted by atomic mass is 35.5. The molecule has 6 nitrogen and oxygen atoms in total. The van der Waals surface area contributed by atoms with E-state index < -0.39 is 29.3 Å². The van der Waals surface area contributed by atoms with Gasteiger partial charge in [0, 0.05) is 26.2 Å². The van der Waals surface area contributed by atoms with E-state index in [1.54, 1.807) is 31.2 Å². The molecule has 2 N–H and O–H groups in total. The second-order valence-electron chi connectivity index (χ2n) is 7.10. The molecule has 1 saturated heterocycles. The molecule has 30 heavy (non-hydrogen) atoms. The second-order valence-corrected chi connectivity index (χ2v) is 7.51. The van der Waals surface area contributed by atoms with Crippen LogP contribution in [0.5, 0.6) is 0 Å². The molecule has 2 amide bonds. The number of carbonyl (C=O) groups is 2. The number of hydrogen-bond donors (Lipinski definition) is 2. The number of hydrogen-bond acceptors (Lipinski definition) is 4. The quantitative estimate of drug-likeness (QED) is 0.730. The third kappa shape index (κ3) is 5.53. The number of halogens is 3. The van der Waals surface area contributed by atoms with E-state index in [1.165, 1.54) is 6.07 Å². The summed E-state index contributed by atoms with van der Waals surface area (Å²) >= 11 is 6.05. The third-order valence-electron chi connectivity index (χ3n) is 5.06. The first kappa shape index (κ1) is 22.1. The first-order valence-corrected chi connectivity index (χ1v) is 9.98. The molecule has 0 saturated carbocycles. The Labute approximate surface area is 178 Å². The molecule has 2 aromatic carbocycles. The van der Waals surface area contributed by atoms with Crippen molar-refractivity contribution < 1.29 is 18.4 Å². The lowest BCUT2D eigenvalue weighted by atomic mass is 10.2. The van der Waals surface area contributed by atoms with Crippen LogP contribution in [-0.2, 0) is 9.59 Å². The predicted octanol–water partition coefficient (Wildman–Crippen LogP) is 3.20. The summed E-state index contributed by atoms with van der Waals surface area (Å²) in [5.74, 6) is -2.28. The number of anilines is 2. The zero-order chi connectivity index (χ0) is 21.7. The fourth-order valence-corrected chi connectivity index (χ4v) is 3.46. The summed E-state index contributed by atoms with van der Waals surface area (Å²) in [5.41, 5.74) is 0.123. The van der Waals surface area contributed by atoms with Crippen LogP contribution in [0.2, 0.25) is 5.02 Å². The van der Waals surface area contributed by atoms with Crippen molar-refractivity contribution in [3.8, 4) is 0 Å². The van der Waals surface area contributed by atoms with Gasteiger partial charge in [0.25, 0.3) is 0 Å². The normalized spacial score (nSPS) is 16.1. The molecule has 1 atom stereocenters. The topological polar surface area (TPSA) is 64.7 Å². The van der Waals surface area contributed by atoms with E-state index in [4.69, 9.17) is 11.6 Å². The predicted molar refractivity (Wildman–Crippen MR) is 113 cm³/mol. The third-order valence-corrected chi connectivity index (χ3v) is 5.39. The van der Waals surface area contributed by atoms with Gasteiger partial charge in [-0.1, -0.05) is 29.8 Å². The first-order chi connectivity index (χ1) is 14.3. The Kier molecular flexibility index (Phi) is 7.36. The number of nitrogens with one attached hydrogen (secondary N) is 2. The summed E-state index contributed by atoms with van der Waals surface area (Å²) in [7, 11) is 0. The molecule has 1 aliphatic rings. The van der Waals surface area contributed by atoms with E-state index in [1.807, 2.05) is 9.80 Å². The first-order valence-electron chi connectivity index (χ1n) is 9.61. The van der Waals surface area contributed by atoms with Crippen LogP contribution in [0.25, 0.3) is 0 Å². The summed E-state index contributed by atoms with van der Waals surface area (Å²) in [6.07, 6.45) is 0. The van der Waals surface area contributed by atoms with Gasteiger partial charge >= 0.3 is 0 Å². The lowest BCUT2D eigenvalue weighted by molar-refractivity contribution is -0.122. The van der Waals surface area contributed by atoms with E-state index in [9.17, 15) is 18.4 Å². The fourth-order valence-electron chi connectivity index (χ4n) is 3.27. The van der Waals surface area contributed by atoms with Crippen LogP contribution in [0.1, 0.15) is 6.92 Å². The largest absolute Gasteiger partial charge is 0.324 e. The molecule has 0 aliphatic carbocycles. The molecule has 160 valence electrons. The van der Waals surface area contributed by atoms with Crippen LogP contribution >= 0.6 is 11.6 Å². The maximum Gasteiger partial charge on any atom is 0.241 e. The van der Waals surface area contributed by atoms with Crippen molar-refractivity contribution in [3.63, 3.8) is 0 Å². The Morgan fingerprint density at radius 3 is 2.27 bits per heavy atom. The van der Waals surface area contributed by atoms with Gasteiger partial charge in [-0.3, -0.25) is 19.4 Å². The Bertz CT molecular complexity index is 899. The fraction of sp³-hybridized carbons (Fsp3) is 0.333. The minimum atomic E-state index is -0.815. The molecular formula is C21H23ClF2N4O2. The van der Waals surface area contributed by atoms with Gasteiger partial charge in [-0.25, -0.2) is 8.78 Å². The number of benzene rings is 2. The molecule has 0 spiro atoms. The standard InChI is InChI=1S/C21H23ClF2N4O2/c1-14(21(30)26-20-16(23)6-4-7-17(20)24)28-11-9-27(10-12-28)13-19(29)25-18-8-3-2-5-15(18)22/h2-8,14H,9-13H2,1H3,(H,25,29)(H,26,30). The van der Waals surface area contributed by atoms with E-state index in [0.29, 0.717) is 36.9 Å². The van der Waals surface area contributed by atoms with Gasteiger partial charge in [0.2, 0.25) is 11.8 Å². The molecule has 1 unspecified atom stereocenters. The van der Waals surface area contributed by atoms with Crippen LogP contribution in [-0.4, -0.2) is 60.4 Å². The van der Waals surface area contributed by atoms with Gasteiger partial charge in [-0.05, 0) is 31.2 Å². The molecule has 1 heterocycles. The van der Waals surface area contributed by atoms with E-state index >= 15 is 0 Å². The maximum absolute atomic E-state index is 13.7. The van der Waals surface area contributed by atoms with E-state index in [0.717, 1.165) is 12.1 Å². The van der Waals surface area contributed by atoms with E-state index in [2.05, 4.69) is 10.6 Å². The highest BCUT2D eigenvalue weighted by molar-refractivity contribution is 6.33. The van der Waals surface area contributed by atoms with Crippen LogP contribution < -0.4 is 10.6 Å². The zero-order valence-corrected chi connectivity index (χ0v) is 17.3. The van der Waals surface area contributed by atoms with Crippen molar-refractivity contribution in [2.75, 3.05) is 43.4 Å². The molecule has 0 bridgehead atoms. The average Bonchev–Trinajstić information content (AvgIpc) is 2.72. The van der Waals surface area contributed by atoms with Crippen LogP contribution in [0, 0.1) is 11.6 Å². The van der Waals surface area contributed by atoms with Crippen molar-refractivity contribution in [2.45, 2.75) is 13.0 Å². The maximum atomic E-state index is 13.7. The van der Waals surface area contributed by atoms with Crippen LogP contribution in [0.3, 0.4) is 0 Å². The summed E-state index contributed by atoms with van der Waals surface area (Å²) < 4.78 is 27.5. The number of nitrogens with zero attached hydrogens (tertiary/aromatic N) is 2. The summed E-state index contributed by atoms with van der Waals surface area (Å²) in [5, 5.41) is 5.59. The SMILES string of the molecule is CC(C(=O)Nc1c(F)cccc1F)N1CCN(CC(=O)Nc2ccccc2Cl)CC1. The molecule has 1 fully saturated rings. The number of para-hydroxylation sites is 2. The van der Waals surface area contributed by atoms with Gasteiger partial charge in [0.1, 0.15) is 17.3 Å². The molecule has 2 aromatic rings. The Balaban J connectivity index is 1.48. The van der Waals surface area contributed by atoms with Gasteiger partial charge in [0.05, 0.1) is 23.3 Å². The summed E-state index contributed by atoms with van der Waals surface area (Å²) in [4.78, 5) is 28.6.